The number of non-ortho nitro benzene ring substituents is 1. The van der Waals surface area contributed by atoms with Gasteiger partial charge in [0.2, 0.25) is 0 Å². The Bertz CT molecular complexity index is 759. The van der Waals surface area contributed by atoms with Gasteiger partial charge in [0.1, 0.15) is 12.4 Å². The first kappa shape index (κ1) is 11.4. The van der Waals surface area contributed by atoms with E-state index in [1.165, 1.54) is 12.1 Å². The van der Waals surface area contributed by atoms with Gasteiger partial charge in [-0.1, -0.05) is 0 Å². The molecule has 0 atom stereocenters. The van der Waals surface area contributed by atoms with E-state index >= 15 is 0 Å². The van der Waals surface area contributed by atoms with Crippen molar-refractivity contribution in [1.29, 1.82) is 0 Å². The molecule has 0 aliphatic heterocycles. The van der Waals surface area contributed by atoms with Crippen LogP contribution in [0.25, 0.3) is 22.6 Å². The molecule has 0 fully saturated rings. The van der Waals surface area contributed by atoms with E-state index in [0.29, 0.717) is 28.4 Å². The number of nitro benzene ring substituents is 1. The summed E-state index contributed by atoms with van der Waals surface area (Å²) in [6, 6.07) is 7.71. The molecule has 0 aliphatic rings. The van der Waals surface area contributed by atoms with Crippen molar-refractivity contribution in [3.8, 4) is 11.6 Å². The van der Waals surface area contributed by atoms with Crippen LogP contribution in [-0.2, 0) is 6.61 Å². The zero-order valence-electron chi connectivity index (χ0n) is 9.66. The molecule has 0 spiro atoms. The summed E-state index contributed by atoms with van der Waals surface area (Å²) < 4.78 is 5.35. The van der Waals surface area contributed by atoms with Crippen molar-refractivity contribution in [2.75, 3.05) is 0 Å². The number of rotatable bonds is 3. The molecule has 1 aromatic carbocycles. The maximum atomic E-state index is 10.7. The van der Waals surface area contributed by atoms with Gasteiger partial charge in [-0.25, -0.2) is 4.98 Å². The first-order valence-electron chi connectivity index (χ1n) is 5.51. The average Bonchev–Trinajstić information content (AvgIpc) is 3.03. The van der Waals surface area contributed by atoms with Gasteiger partial charge < -0.3 is 14.5 Å². The Balaban J connectivity index is 2.08. The molecule has 0 radical (unpaired) electrons. The predicted octanol–water partition coefficient (Wildman–Crippen LogP) is 2.22. The second-order valence-electron chi connectivity index (χ2n) is 3.97. The lowest BCUT2D eigenvalue weighted by atomic mass is 10.3. The van der Waals surface area contributed by atoms with Gasteiger partial charge in [0.05, 0.1) is 16.0 Å². The third-order valence-corrected chi connectivity index (χ3v) is 2.73. The van der Waals surface area contributed by atoms with E-state index in [0.717, 1.165) is 0 Å². The molecular formula is C12H9N3O4. The summed E-state index contributed by atoms with van der Waals surface area (Å²) in [5.74, 6) is 1.37. The summed E-state index contributed by atoms with van der Waals surface area (Å²) in [5.41, 5.74) is 1.17. The molecule has 7 nitrogen and oxygen atoms in total. The van der Waals surface area contributed by atoms with Crippen LogP contribution in [0.1, 0.15) is 5.76 Å². The molecule has 0 bridgehead atoms. The fourth-order valence-electron chi connectivity index (χ4n) is 1.82. The van der Waals surface area contributed by atoms with Gasteiger partial charge in [-0.05, 0) is 18.2 Å². The highest BCUT2D eigenvalue weighted by atomic mass is 16.6. The lowest BCUT2D eigenvalue weighted by molar-refractivity contribution is -0.384. The van der Waals surface area contributed by atoms with Crippen LogP contribution in [0.15, 0.2) is 34.7 Å². The SMILES string of the molecule is O=[N+]([O-])c1ccc2nc(-c3ccc(CO)o3)[nH]c2c1. The fraction of sp³-hybridized carbons (Fsp3) is 0.0833. The zero-order chi connectivity index (χ0) is 13.4. The summed E-state index contributed by atoms with van der Waals surface area (Å²) in [6.45, 7) is -0.189. The quantitative estimate of drug-likeness (QED) is 0.554. The van der Waals surface area contributed by atoms with Crippen LogP contribution in [0.3, 0.4) is 0 Å². The van der Waals surface area contributed by atoms with Crippen molar-refractivity contribution in [3.63, 3.8) is 0 Å². The third kappa shape index (κ3) is 1.95. The summed E-state index contributed by atoms with van der Waals surface area (Å²) in [6.07, 6.45) is 0. The third-order valence-electron chi connectivity index (χ3n) is 2.73. The second kappa shape index (κ2) is 4.21. The van der Waals surface area contributed by atoms with Crippen molar-refractivity contribution in [2.45, 2.75) is 6.61 Å². The van der Waals surface area contributed by atoms with Crippen molar-refractivity contribution in [1.82, 2.24) is 9.97 Å². The first-order chi connectivity index (χ1) is 9.17. The Morgan fingerprint density at radius 2 is 2.21 bits per heavy atom. The number of benzene rings is 1. The van der Waals surface area contributed by atoms with Crippen LogP contribution in [0, 0.1) is 10.1 Å². The first-order valence-corrected chi connectivity index (χ1v) is 5.51. The topological polar surface area (TPSA) is 105 Å². The molecule has 0 aliphatic carbocycles. The van der Waals surface area contributed by atoms with Crippen LogP contribution in [0.5, 0.6) is 0 Å². The van der Waals surface area contributed by atoms with E-state index in [9.17, 15) is 10.1 Å². The standard InChI is InChI=1S/C12H9N3O4/c16-6-8-2-4-11(19-8)12-13-9-3-1-7(15(17)18)5-10(9)14-12/h1-5,16H,6H2,(H,13,14). The van der Waals surface area contributed by atoms with E-state index in [2.05, 4.69) is 9.97 Å². The highest BCUT2D eigenvalue weighted by molar-refractivity contribution is 5.80. The molecule has 0 saturated heterocycles. The lowest BCUT2D eigenvalue weighted by Gasteiger charge is -1.90. The van der Waals surface area contributed by atoms with Crippen molar-refractivity contribution >= 4 is 16.7 Å². The van der Waals surface area contributed by atoms with Gasteiger partial charge in [0, 0.05) is 12.1 Å². The predicted molar refractivity (Wildman–Crippen MR) is 66.4 cm³/mol. The summed E-state index contributed by atoms with van der Waals surface area (Å²) in [4.78, 5) is 17.5. The maximum absolute atomic E-state index is 10.7. The van der Waals surface area contributed by atoms with Crippen molar-refractivity contribution in [2.24, 2.45) is 0 Å². The number of aromatic amines is 1. The van der Waals surface area contributed by atoms with Crippen LogP contribution >= 0.6 is 0 Å². The minimum atomic E-state index is -0.462. The van der Waals surface area contributed by atoms with E-state index in [1.54, 1.807) is 18.2 Å². The van der Waals surface area contributed by atoms with Gasteiger partial charge in [0.15, 0.2) is 11.6 Å². The van der Waals surface area contributed by atoms with E-state index in [4.69, 9.17) is 9.52 Å². The number of nitrogens with one attached hydrogen (secondary N) is 1. The van der Waals surface area contributed by atoms with E-state index in [1.807, 2.05) is 0 Å². The molecule has 2 aromatic heterocycles. The second-order valence-corrected chi connectivity index (χ2v) is 3.97. The highest BCUT2D eigenvalue weighted by Gasteiger charge is 2.12. The fourth-order valence-corrected chi connectivity index (χ4v) is 1.82. The van der Waals surface area contributed by atoms with Crippen LogP contribution in [0.2, 0.25) is 0 Å². The number of nitrogens with zero attached hydrogens (tertiary/aromatic N) is 2. The van der Waals surface area contributed by atoms with Crippen molar-refractivity contribution in [3.05, 3.63) is 46.2 Å². The van der Waals surface area contributed by atoms with Crippen LogP contribution in [-0.4, -0.2) is 20.0 Å². The molecule has 3 aromatic rings. The highest BCUT2D eigenvalue weighted by Crippen LogP contribution is 2.25. The number of imidazole rings is 1. The molecule has 7 heteroatoms. The number of aliphatic hydroxyl groups excluding tert-OH is 1. The summed E-state index contributed by atoms with van der Waals surface area (Å²) in [7, 11) is 0. The number of H-pyrrole nitrogens is 1. The number of fused-ring (bicyclic) bond motifs is 1. The number of aliphatic hydroxyl groups is 1. The Kier molecular flexibility index (Phi) is 2.53. The van der Waals surface area contributed by atoms with Crippen molar-refractivity contribution < 1.29 is 14.4 Å². The smallest absolute Gasteiger partial charge is 0.271 e. The molecule has 0 saturated carbocycles. The molecule has 19 heavy (non-hydrogen) atoms. The summed E-state index contributed by atoms with van der Waals surface area (Å²) >= 11 is 0. The Morgan fingerprint density at radius 3 is 2.89 bits per heavy atom. The van der Waals surface area contributed by atoms with Crippen LogP contribution < -0.4 is 0 Å². The zero-order valence-corrected chi connectivity index (χ0v) is 9.66. The molecule has 2 heterocycles. The molecule has 3 rings (SSSR count). The van der Waals surface area contributed by atoms with E-state index < -0.39 is 4.92 Å². The molecule has 2 N–H and O–H groups in total. The molecule has 0 amide bonds. The average molecular weight is 259 g/mol. The number of hydrogen-bond donors (Lipinski definition) is 2. The normalized spacial score (nSPS) is 11.0. The van der Waals surface area contributed by atoms with Gasteiger partial charge in [-0.15, -0.1) is 0 Å². The molecular weight excluding hydrogens is 250 g/mol. The monoisotopic (exact) mass is 259 g/mol. The summed E-state index contributed by atoms with van der Waals surface area (Å²) in [5, 5.41) is 19.6. The lowest BCUT2D eigenvalue weighted by Crippen LogP contribution is -1.86. The minimum Gasteiger partial charge on any atom is -0.455 e. The van der Waals surface area contributed by atoms with E-state index in [-0.39, 0.29) is 12.3 Å². The van der Waals surface area contributed by atoms with Gasteiger partial charge in [0.25, 0.3) is 5.69 Å². The maximum Gasteiger partial charge on any atom is 0.271 e. The minimum absolute atomic E-state index is 0.00167. The Morgan fingerprint density at radius 1 is 1.37 bits per heavy atom. The van der Waals surface area contributed by atoms with Gasteiger partial charge in [-0.3, -0.25) is 10.1 Å². The number of furan rings is 1. The number of nitro groups is 1. The molecule has 96 valence electrons. The van der Waals surface area contributed by atoms with Gasteiger partial charge >= 0.3 is 0 Å². The number of aromatic nitrogens is 2. The largest absolute Gasteiger partial charge is 0.455 e. The number of hydrogen-bond acceptors (Lipinski definition) is 5. The van der Waals surface area contributed by atoms with Crippen LogP contribution in [0.4, 0.5) is 5.69 Å². The Labute approximate surface area is 106 Å². The Hall–Kier alpha value is -2.67. The van der Waals surface area contributed by atoms with Gasteiger partial charge in [-0.2, -0.15) is 0 Å². The molecule has 0 unspecified atom stereocenters.